The smallest absolute Gasteiger partial charge is 0.255 e. The van der Waals surface area contributed by atoms with Crippen LogP contribution in [0.1, 0.15) is 37.6 Å². The van der Waals surface area contributed by atoms with Gasteiger partial charge in [0, 0.05) is 25.3 Å². The van der Waals surface area contributed by atoms with E-state index in [1.807, 2.05) is 13.8 Å². The van der Waals surface area contributed by atoms with Gasteiger partial charge in [0.25, 0.3) is 5.91 Å². The van der Waals surface area contributed by atoms with Crippen LogP contribution in [0.4, 0.5) is 5.82 Å². The van der Waals surface area contributed by atoms with E-state index in [1.165, 1.54) is 0 Å². The van der Waals surface area contributed by atoms with Gasteiger partial charge in [0.05, 0.1) is 12.2 Å². The Morgan fingerprint density at radius 1 is 1.47 bits per heavy atom. The molecule has 1 amide bonds. The van der Waals surface area contributed by atoms with E-state index in [4.69, 9.17) is 5.11 Å². The van der Waals surface area contributed by atoms with Crippen LogP contribution in [0.3, 0.4) is 0 Å². The summed E-state index contributed by atoms with van der Waals surface area (Å²) in [6.45, 7) is 7.11. The van der Waals surface area contributed by atoms with Gasteiger partial charge < -0.3 is 15.3 Å². The van der Waals surface area contributed by atoms with Crippen LogP contribution < -0.4 is 5.32 Å². The maximum absolute atomic E-state index is 12.3. The second kappa shape index (κ2) is 7.74. The van der Waals surface area contributed by atoms with Crippen LogP contribution in [-0.4, -0.2) is 46.6 Å². The molecule has 106 valence electrons. The average molecular weight is 265 g/mol. The standard InChI is InChI=1S/C14H23N3O2/c1-4-7-15-13-6-5-12(10-16-13)14(19)17(8-9-18)11(2)3/h5-6,10-11,18H,4,7-9H2,1-3H3,(H,15,16). The molecule has 0 unspecified atom stereocenters. The number of nitrogens with one attached hydrogen (secondary N) is 1. The summed E-state index contributed by atoms with van der Waals surface area (Å²) in [5.74, 6) is 0.676. The molecule has 5 nitrogen and oxygen atoms in total. The lowest BCUT2D eigenvalue weighted by molar-refractivity contribution is 0.0665. The molecule has 1 rings (SSSR count). The Bertz CT molecular complexity index is 390. The molecule has 1 aromatic rings. The summed E-state index contributed by atoms with van der Waals surface area (Å²) >= 11 is 0. The number of hydrogen-bond donors (Lipinski definition) is 2. The Balaban J connectivity index is 2.75. The van der Waals surface area contributed by atoms with Crippen molar-refractivity contribution in [2.75, 3.05) is 25.0 Å². The van der Waals surface area contributed by atoms with Crippen LogP contribution in [0.2, 0.25) is 0 Å². The van der Waals surface area contributed by atoms with Crippen LogP contribution in [-0.2, 0) is 0 Å². The number of aromatic nitrogens is 1. The Labute approximate surface area is 114 Å². The molecule has 0 radical (unpaired) electrons. The Hall–Kier alpha value is -1.62. The highest BCUT2D eigenvalue weighted by Crippen LogP contribution is 2.10. The molecule has 0 bridgehead atoms. The minimum atomic E-state index is -0.0985. The number of carbonyl (C=O) groups is 1. The van der Waals surface area contributed by atoms with Gasteiger partial charge in [-0.2, -0.15) is 0 Å². The van der Waals surface area contributed by atoms with E-state index in [9.17, 15) is 4.79 Å². The normalized spacial score (nSPS) is 10.6. The quantitative estimate of drug-likeness (QED) is 0.788. The molecule has 19 heavy (non-hydrogen) atoms. The number of pyridine rings is 1. The summed E-state index contributed by atoms with van der Waals surface area (Å²) in [4.78, 5) is 18.1. The lowest BCUT2D eigenvalue weighted by atomic mass is 10.2. The van der Waals surface area contributed by atoms with Gasteiger partial charge in [-0.15, -0.1) is 0 Å². The largest absolute Gasteiger partial charge is 0.395 e. The second-order valence-electron chi connectivity index (χ2n) is 4.67. The summed E-state index contributed by atoms with van der Waals surface area (Å²) < 4.78 is 0. The number of aliphatic hydroxyl groups excluding tert-OH is 1. The highest BCUT2D eigenvalue weighted by molar-refractivity contribution is 5.94. The number of aliphatic hydroxyl groups is 1. The minimum Gasteiger partial charge on any atom is -0.395 e. The first-order valence-electron chi connectivity index (χ1n) is 6.71. The molecule has 0 saturated heterocycles. The van der Waals surface area contributed by atoms with E-state index in [2.05, 4.69) is 17.2 Å². The summed E-state index contributed by atoms with van der Waals surface area (Å²) in [6, 6.07) is 3.62. The maximum Gasteiger partial charge on any atom is 0.255 e. The topological polar surface area (TPSA) is 65.5 Å². The molecule has 0 saturated carbocycles. The van der Waals surface area contributed by atoms with E-state index in [-0.39, 0.29) is 18.6 Å². The monoisotopic (exact) mass is 265 g/mol. The van der Waals surface area contributed by atoms with Gasteiger partial charge in [-0.3, -0.25) is 4.79 Å². The first kappa shape index (κ1) is 15.4. The van der Waals surface area contributed by atoms with Crippen molar-refractivity contribution in [3.05, 3.63) is 23.9 Å². The Morgan fingerprint density at radius 2 is 2.21 bits per heavy atom. The van der Waals surface area contributed by atoms with E-state index >= 15 is 0 Å². The van der Waals surface area contributed by atoms with Crippen molar-refractivity contribution >= 4 is 11.7 Å². The third-order valence-electron chi connectivity index (χ3n) is 2.79. The number of anilines is 1. The van der Waals surface area contributed by atoms with Gasteiger partial charge in [-0.1, -0.05) is 6.92 Å². The molecule has 1 heterocycles. The van der Waals surface area contributed by atoms with Crippen LogP contribution in [0.25, 0.3) is 0 Å². The zero-order valence-corrected chi connectivity index (χ0v) is 11.9. The molecule has 0 aliphatic heterocycles. The fourth-order valence-electron chi connectivity index (χ4n) is 1.75. The van der Waals surface area contributed by atoms with E-state index in [0.717, 1.165) is 18.8 Å². The average Bonchev–Trinajstić information content (AvgIpc) is 2.42. The molecule has 0 aromatic carbocycles. The van der Waals surface area contributed by atoms with Crippen molar-refractivity contribution in [3.8, 4) is 0 Å². The second-order valence-corrected chi connectivity index (χ2v) is 4.67. The summed E-state index contributed by atoms with van der Waals surface area (Å²) in [7, 11) is 0. The van der Waals surface area contributed by atoms with Crippen LogP contribution in [0, 0.1) is 0 Å². The third-order valence-corrected chi connectivity index (χ3v) is 2.79. The van der Waals surface area contributed by atoms with Crippen LogP contribution in [0.5, 0.6) is 0 Å². The van der Waals surface area contributed by atoms with Gasteiger partial charge in [0.15, 0.2) is 0 Å². The van der Waals surface area contributed by atoms with Gasteiger partial charge in [0.1, 0.15) is 5.82 Å². The summed E-state index contributed by atoms with van der Waals surface area (Å²) in [5.41, 5.74) is 0.546. The minimum absolute atomic E-state index is 0.0342. The van der Waals surface area contributed by atoms with Crippen molar-refractivity contribution < 1.29 is 9.90 Å². The lowest BCUT2D eigenvalue weighted by Gasteiger charge is -2.25. The van der Waals surface area contributed by atoms with E-state index in [1.54, 1.807) is 23.2 Å². The predicted octanol–water partition coefficient (Wildman–Crippen LogP) is 1.75. The molecule has 1 aromatic heterocycles. The van der Waals surface area contributed by atoms with Crippen molar-refractivity contribution in [2.24, 2.45) is 0 Å². The van der Waals surface area contributed by atoms with E-state index < -0.39 is 0 Å². The molecule has 0 fully saturated rings. The maximum atomic E-state index is 12.3. The van der Waals surface area contributed by atoms with Crippen molar-refractivity contribution in [1.29, 1.82) is 0 Å². The number of hydrogen-bond acceptors (Lipinski definition) is 4. The molecule has 0 spiro atoms. The Morgan fingerprint density at radius 3 is 2.68 bits per heavy atom. The van der Waals surface area contributed by atoms with Gasteiger partial charge >= 0.3 is 0 Å². The molecular formula is C14H23N3O2. The first-order chi connectivity index (χ1) is 9.10. The summed E-state index contributed by atoms with van der Waals surface area (Å²) in [6.07, 6.45) is 2.60. The number of amides is 1. The highest BCUT2D eigenvalue weighted by Gasteiger charge is 2.18. The fraction of sp³-hybridized carbons (Fsp3) is 0.571. The molecular weight excluding hydrogens is 242 g/mol. The number of carbonyl (C=O) groups excluding carboxylic acids is 1. The summed E-state index contributed by atoms with van der Waals surface area (Å²) in [5, 5.41) is 12.2. The zero-order chi connectivity index (χ0) is 14.3. The number of rotatable bonds is 7. The van der Waals surface area contributed by atoms with Crippen molar-refractivity contribution in [2.45, 2.75) is 33.2 Å². The van der Waals surface area contributed by atoms with Gasteiger partial charge in [-0.05, 0) is 32.4 Å². The Kier molecular flexibility index (Phi) is 6.29. The molecule has 0 atom stereocenters. The number of nitrogens with zero attached hydrogens (tertiary/aromatic N) is 2. The molecule has 0 aliphatic carbocycles. The van der Waals surface area contributed by atoms with Crippen LogP contribution >= 0.6 is 0 Å². The SMILES string of the molecule is CCCNc1ccc(C(=O)N(CCO)C(C)C)cn1. The first-order valence-corrected chi connectivity index (χ1v) is 6.71. The highest BCUT2D eigenvalue weighted by atomic mass is 16.3. The van der Waals surface area contributed by atoms with Crippen molar-refractivity contribution in [1.82, 2.24) is 9.88 Å². The van der Waals surface area contributed by atoms with E-state index in [0.29, 0.717) is 12.1 Å². The van der Waals surface area contributed by atoms with Crippen molar-refractivity contribution in [3.63, 3.8) is 0 Å². The lowest BCUT2D eigenvalue weighted by Crippen LogP contribution is -2.39. The molecule has 2 N–H and O–H groups in total. The fourth-order valence-corrected chi connectivity index (χ4v) is 1.75. The molecule has 0 aliphatic rings. The third kappa shape index (κ3) is 4.52. The van der Waals surface area contributed by atoms with Crippen LogP contribution in [0.15, 0.2) is 18.3 Å². The predicted molar refractivity (Wildman–Crippen MR) is 76.3 cm³/mol. The van der Waals surface area contributed by atoms with Gasteiger partial charge in [-0.25, -0.2) is 4.98 Å². The zero-order valence-electron chi connectivity index (χ0n) is 11.9. The molecule has 5 heteroatoms. The van der Waals surface area contributed by atoms with Gasteiger partial charge in [0.2, 0.25) is 0 Å².